The van der Waals surface area contributed by atoms with E-state index in [1.165, 1.54) is 0 Å². The van der Waals surface area contributed by atoms with Crippen LogP contribution in [0.3, 0.4) is 0 Å². The van der Waals surface area contributed by atoms with E-state index in [-0.39, 0.29) is 5.54 Å². The Morgan fingerprint density at radius 3 is 2.76 bits per heavy atom. The Morgan fingerprint density at radius 1 is 1.28 bits per heavy atom. The first kappa shape index (κ1) is 17.2. The van der Waals surface area contributed by atoms with Gasteiger partial charge in [-0.1, -0.05) is 6.07 Å². The molecule has 0 aliphatic carbocycles. The summed E-state index contributed by atoms with van der Waals surface area (Å²) in [5, 5.41) is 8.57. The average molecular weight is 344 g/mol. The molecule has 2 aromatic heterocycles. The predicted octanol–water partition coefficient (Wildman–Crippen LogP) is 2.87. The number of ether oxygens (including phenoxy) is 1. The molecule has 0 fully saturated rings. The van der Waals surface area contributed by atoms with Gasteiger partial charge in [0.15, 0.2) is 5.82 Å². The van der Waals surface area contributed by atoms with Crippen LogP contribution in [0.4, 0.5) is 10.6 Å². The van der Waals surface area contributed by atoms with Crippen molar-refractivity contribution in [1.29, 1.82) is 0 Å². The molecule has 3 rings (SSSR count). The molecule has 0 bridgehead atoms. The maximum absolute atomic E-state index is 11.7. The number of anilines is 1. The van der Waals surface area contributed by atoms with Crippen molar-refractivity contribution in [3.8, 4) is 11.5 Å². The summed E-state index contributed by atoms with van der Waals surface area (Å²) in [5.41, 5.74) is 5.35. The molecule has 0 aromatic carbocycles. The van der Waals surface area contributed by atoms with Crippen LogP contribution in [0.1, 0.15) is 46.9 Å². The summed E-state index contributed by atoms with van der Waals surface area (Å²) >= 11 is 0. The lowest BCUT2D eigenvalue weighted by Crippen LogP contribution is -2.36. The Morgan fingerprint density at radius 2 is 2.04 bits per heavy atom. The number of hydrogen-bond acceptors (Lipinski definition) is 6. The summed E-state index contributed by atoms with van der Waals surface area (Å²) in [7, 11) is 0. The van der Waals surface area contributed by atoms with E-state index in [0.29, 0.717) is 11.5 Å². The molecule has 3 heterocycles. The Bertz CT molecular complexity index is 791. The summed E-state index contributed by atoms with van der Waals surface area (Å²) in [6, 6.07) is 5.49. The van der Waals surface area contributed by atoms with Gasteiger partial charge in [-0.05, 0) is 53.2 Å². The second-order valence-electron chi connectivity index (χ2n) is 7.75. The van der Waals surface area contributed by atoms with E-state index < -0.39 is 11.7 Å². The van der Waals surface area contributed by atoms with Crippen molar-refractivity contribution in [2.24, 2.45) is 0 Å². The van der Waals surface area contributed by atoms with Gasteiger partial charge in [0.2, 0.25) is 0 Å². The van der Waals surface area contributed by atoms with Gasteiger partial charge < -0.3 is 9.30 Å². The predicted molar refractivity (Wildman–Crippen MR) is 93.9 cm³/mol. The summed E-state index contributed by atoms with van der Waals surface area (Å²) in [4.78, 5) is 16.3. The second-order valence-corrected chi connectivity index (χ2v) is 7.75. The van der Waals surface area contributed by atoms with Crippen LogP contribution < -0.4 is 10.9 Å². The molecule has 1 aliphatic rings. The SMILES string of the molecule is CC(C)(C)OC(=O)NNc1cccc(-c2nnc3n2C(C)(C)CC3)n1. The molecule has 8 heteroatoms. The molecule has 0 saturated heterocycles. The number of rotatable bonds is 3. The lowest BCUT2D eigenvalue weighted by atomic mass is 10.0. The van der Waals surface area contributed by atoms with Gasteiger partial charge >= 0.3 is 6.09 Å². The number of hydrazine groups is 1. The molecule has 0 spiro atoms. The van der Waals surface area contributed by atoms with Gasteiger partial charge in [0, 0.05) is 12.0 Å². The smallest absolute Gasteiger partial charge is 0.426 e. The topological polar surface area (TPSA) is 94.0 Å². The largest absolute Gasteiger partial charge is 0.443 e. The van der Waals surface area contributed by atoms with Crippen LogP contribution in [-0.4, -0.2) is 31.4 Å². The van der Waals surface area contributed by atoms with Crippen molar-refractivity contribution in [3.63, 3.8) is 0 Å². The Labute approximate surface area is 147 Å². The number of carbonyl (C=O) groups excluding carboxylic acids is 1. The molecular weight excluding hydrogens is 320 g/mol. The molecular formula is C17H24N6O2. The van der Waals surface area contributed by atoms with E-state index in [1.54, 1.807) is 26.8 Å². The van der Waals surface area contributed by atoms with E-state index in [1.807, 2.05) is 12.1 Å². The standard InChI is InChI=1S/C17H24N6O2/c1-16(2,3)25-15(24)22-19-12-8-6-7-11(18-12)14-21-20-13-9-10-17(4,5)23(13)14/h6-8H,9-10H2,1-5H3,(H,18,19)(H,22,24). The summed E-state index contributed by atoms with van der Waals surface area (Å²) in [6.45, 7) is 9.75. The Kier molecular flexibility index (Phi) is 4.14. The summed E-state index contributed by atoms with van der Waals surface area (Å²) < 4.78 is 7.32. The molecule has 2 aromatic rings. The maximum atomic E-state index is 11.7. The lowest BCUT2D eigenvalue weighted by Gasteiger charge is -2.22. The minimum absolute atomic E-state index is 0.0337. The molecule has 25 heavy (non-hydrogen) atoms. The van der Waals surface area contributed by atoms with Crippen molar-refractivity contribution < 1.29 is 9.53 Å². The zero-order chi connectivity index (χ0) is 18.2. The van der Waals surface area contributed by atoms with Gasteiger partial charge in [-0.3, -0.25) is 5.43 Å². The van der Waals surface area contributed by atoms with Gasteiger partial charge in [0.05, 0.1) is 0 Å². The second kappa shape index (κ2) is 6.02. The van der Waals surface area contributed by atoms with E-state index in [4.69, 9.17) is 4.74 Å². The number of carbonyl (C=O) groups is 1. The minimum Gasteiger partial charge on any atom is -0.443 e. The molecule has 134 valence electrons. The maximum Gasteiger partial charge on any atom is 0.426 e. The number of amides is 1. The third-order valence-corrected chi connectivity index (χ3v) is 3.97. The molecule has 1 aliphatic heterocycles. The average Bonchev–Trinajstić information content (AvgIpc) is 3.06. The zero-order valence-electron chi connectivity index (χ0n) is 15.3. The van der Waals surface area contributed by atoms with E-state index in [9.17, 15) is 4.79 Å². The highest BCUT2D eigenvalue weighted by Gasteiger charge is 2.34. The third kappa shape index (κ3) is 3.72. The number of pyridine rings is 1. The quantitative estimate of drug-likeness (QED) is 0.832. The highest BCUT2D eigenvalue weighted by molar-refractivity contribution is 5.69. The van der Waals surface area contributed by atoms with Gasteiger partial charge in [0.1, 0.15) is 22.9 Å². The highest BCUT2D eigenvalue weighted by atomic mass is 16.6. The molecule has 0 atom stereocenters. The Balaban J connectivity index is 1.77. The molecule has 2 N–H and O–H groups in total. The third-order valence-electron chi connectivity index (χ3n) is 3.97. The Hall–Kier alpha value is -2.64. The van der Waals surface area contributed by atoms with Crippen LogP contribution in [-0.2, 0) is 16.7 Å². The van der Waals surface area contributed by atoms with Crippen molar-refractivity contribution in [2.75, 3.05) is 5.43 Å². The molecule has 0 unspecified atom stereocenters. The number of nitrogens with zero attached hydrogens (tertiary/aromatic N) is 4. The van der Waals surface area contributed by atoms with Crippen LogP contribution in [0.25, 0.3) is 11.5 Å². The van der Waals surface area contributed by atoms with Gasteiger partial charge in [0.25, 0.3) is 0 Å². The first-order chi connectivity index (χ1) is 11.7. The molecule has 0 radical (unpaired) electrons. The van der Waals surface area contributed by atoms with Crippen LogP contribution in [0, 0.1) is 0 Å². The number of fused-ring (bicyclic) bond motifs is 1. The van der Waals surface area contributed by atoms with Crippen molar-refractivity contribution in [1.82, 2.24) is 25.2 Å². The normalized spacial score (nSPS) is 15.6. The number of aromatic nitrogens is 4. The highest BCUT2D eigenvalue weighted by Crippen LogP contribution is 2.34. The summed E-state index contributed by atoms with van der Waals surface area (Å²) in [5.74, 6) is 2.21. The van der Waals surface area contributed by atoms with Crippen molar-refractivity contribution in [3.05, 3.63) is 24.0 Å². The van der Waals surface area contributed by atoms with Crippen molar-refractivity contribution in [2.45, 2.75) is 58.6 Å². The zero-order valence-corrected chi connectivity index (χ0v) is 15.3. The van der Waals surface area contributed by atoms with Crippen LogP contribution in [0.2, 0.25) is 0 Å². The fourth-order valence-corrected chi connectivity index (χ4v) is 2.86. The van der Waals surface area contributed by atoms with Crippen LogP contribution in [0.5, 0.6) is 0 Å². The number of hydrogen-bond donors (Lipinski definition) is 2. The first-order valence-corrected chi connectivity index (χ1v) is 8.33. The van der Waals surface area contributed by atoms with Crippen molar-refractivity contribution >= 4 is 11.9 Å². The van der Waals surface area contributed by atoms with E-state index in [2.05, 4.69) is 44.4 Å². The molecule has 8 nitrogen and oxygen atoms in total. The van der Waals surface area contributed by atoms with Crippen LogP contribution >= 0.6 is 0 Å². The van der Waals surface area contributed by atoms with Gasteiger partial charge in [-0.25, -0.2) is 15.2 Å². The van der Waals surface area contributed by atoms with Gasteiger partial charge in [-0.15, -0.1) is 10.2 Å². The van der Waals surface area contributed by atoms with Crippen LogP contribution in [0.15, 0.2) is 18.2 Å². The van der Waals surface area contributed by atoms with Gasteiger partial charge in [-0.2, -0.15) is 0 Å². The first-order valence-electron chi connectivity index (χ1n) is 8.33. The number of aryl methyl sites for hydroxylation is 1. The van der Waals surface area contributed by atoms with E-state index >= 15 is 0 Å². The number of nitrogens with one attached hydrogen (secondary N) is 2. The fourth-order valence-electron chi connectivity index (χ4n) is 2.86. The monoisotopic (exact) mass is 344 g/mol. The molecule has 1 amide bonds. The molecule has 0 saturated carbocycles. The minimum atomic E-state index is -0.566. The summed E-state index contributed by atoms with van der Waals surface area (Å²) in [6.07, 6.45) is 1.38. The fraction of sp³-hybridized carbons (Fsp3) is 0.529. The lowest BCUT2D eigenvalue weighted by molar-refractivity contribution is 0.0541. The van der Waals surface area contributed by atoms with E-state index in [0.717, 1.165) is 24.5 Å².